The minimum atomic E-state index is 0.558. The number of hydrogen-bond acceptors (Lipinski definition) is 2. The molecule has 1 aliphatic heterocycles. The fourth-order valence-corrected chi connectivity index (χ4v) is 2.63. The first-order valence-corrected chi connectivity index (χ1v) is 6.61. The molecule has 0 aromatic rings. The van der Waals surface area contributed by atoms with Crippen LogP contribution in [0.4, 0.5) is 0 Å². The minimum Gasteiger partial charge on any atom is -0.314 e. The van der Waals surface area contributed by atoms with Gasteiger partial charge in [-0.3, -0.25) is 0 Å². The molecule has 2 rings (SSSR count). The van der Waals surface area contributed by atoms with Gasteiger partial charge in [-0.05, 0) is 57.2 Å². The molecule has 1 saturated heterocycles. The lowest BCUT2D eigenvalue weighted by molar-refractivity contribution is 0.116. The van der Waals surface area contributed by atoms with Crippen molar-refractivity contribution in [3.8, 4) is 0 Å². The molecule has 1 aliphatic carbocycles. The molecule has 0 radical (unpaired) electrons. The summed E-state index contributed by atoms with van der Waals surface area (Å²) in [7, 11) is 0. The molecule has 1 saturated carbocycles. The third kappa shape index (κ3) is 4.12. The summed E-state index contributed by atoms with van der Waals surface area (Å²) in [6.45, 7) is 9.96. The Morgan fingerprint density at radius 1 is 1.33 bits per heavy atom. The molecule has 0 bridgehead atoms. The van der Waals surface area contributed by atoms with Crippen LogP contribution >= 0.6 is 0 Å². The van der Waals surface area contributed by atoms with Crippen LogP contribution in [0.5, 0.6) is 0 Å². The van der Waals surface area contributed by atoms with E-state index < -0.39 is 0 Å². The van der Waals surface area contributed by atoms with Crippen LogP contribution in [0.3, 0.4) is 0 Å². The topological polar surface area (TPSA) is 15.3 Å². The normalized spacial score (nSPS) is 26.8. The lowest BCUT2D eigenvalue weighted by Gasteiger charge is -2.38. The van der Waals surface area contributed by atoms with Crippen LogP contribution in [0.25, 0.3) is 0 Å². The van der Waals surface area contributed by atoms with Crippen molar-refractivity contribution in [2.24, 2.45) is 5.41 Å². The Balaban J connectivity index is 1.57. The third-order valence-electron chi connectivity index (χ3n) is 3.64. The summed E-state index contributed by atoms with van der Waals surface area (Å²) >= 11 is 0. The van der Waals surface area contributed by atoms with Gasteiger partial charge in [0.25, 0.3) is 0 Å². The molecule has 2 heteroatoms. The summed E-state index contributed by atoms with van der Waals surface area (Å²) in [5, 5.41) is 3.59. The van der Waals surface area contributed by atoms with E-state index in [0.717, 1.165) is 6.04 Å². The van der Waals surface area contributed by atoms with Crippen molar-refractivity contribution in [3.63, 3.8) is 0 Å². The van der Waals surface area contributed by atoms with Crippen molar-refractivity contribution in [1.82, 2.24) is 10.2 Å². The quantitative estimate of drug-likeness (QED) is 0.700. The van der Waals surface area contributed by atoms with Gasteiger partial charge in [0.2, 0.25) is 0 Å². The Morgan fingerprint density at radius 3 is 2.80 bits per heavy atom. The van der Waals surface area contributed by atoms with Crippen molar-refractivity contribution in [3.05, 3.63) is 0 Å². The van der Waals surface area contributed by atoms with Gasteiger partial charge in [0, 0.05) is 12.6 Å². The Labute approximate surface area is 94.4 Å². The monoisotopic (exact) mass is 210 g/mol. The fourth-order valence-electron chi connectivity index (χ4n) is 2.63. The van der Waals surface area contributed by atoms with E-state index in [2.05, 4.69) is 24.1 Å². The zero-order valence-electron chi connectivity index (χ0n) is 10.4. The summed E-state index contributed by atoms with van der Waals surface area (Å²) < 4.78 is 0. The Kier molecular flexibility index (Phi) is 3.68. The second kappa shape index (κ2) is 4.84. The van der Waals surface area contributed by atoms with Gasteiger partial charge in [-0.2, -0.15) is 0 Å². The molecular weight excluding hydrogens is 184 g/mol. The van der Waals surface area contributed by atoms with E-state index in [1.54, 1.807) is 0 Å². The first kappa shape index (κ1) is 11.4. The van der Waals surface area contributed by atoms with Gasteiger partial charge in [0.1, 0.15) is 0 Å². The number of hydrogen-bond donors (Lipinski definition) is 1. The van der Waals surface area contributed by atoms with Gasteiger partial charge < -0.3 is 10.2 Å². The first-order valence-electron chi connectivity index (χ1n) is 6.61. The molecular formula is C13H26N2. The molecule has 1 heterocycles. The molecule has 2 fully saturated rings. The van der Waals surface area contributed by atoms with Crippen molar-refractivity contribution in [2.75, 3.05) is 26.2 Å². The van der Waals surface area contributed by atoms with Gasteiger partial charge in [-0.15, -0.1) is 0 Å². The highest BCUT2D eigenvalue weighted by Crippen LogP contribution is 2.28. The minimum absolute atomic E-state index is 0.558. The highest BCUT2D eigenvalue weighted by Gasteiger charge is 2.26. The smallest absolute Gasteiger partial charge is 0.00682 e. The molecule has 2 nitrogen and oxygen atoms in total. The average molecular weight is 210 g/mol. The predicted molar refractivity (Wildman–Crippen MR) is 65.1 cm³/mol. The maximum absolute atomic E-state index is 3.59. The van der Waals surface area contributed by atoms with E-state index >= 15 is 0 Å². The number of nitrogens with zero attached hydrogens (tertiary/aromatic N) is 1. The first-order chi connectivity index (χ1) is 7.16. The van der Waals surface area contributed by atoms with Crippen molar-refractivity contribution in [1.29, 1.82) is 0 Å². The highest BCUT2D eigenvalue weighted by molar-refractivity contribution is 4.82. The predicted octanol–water partition coefficient (Wildman–Crippen LogP) is 2.25. The Hall–Kier alpha value is -0.0800. The third-order valence-corrected chi connectivity index (χ3v) is 3.64. The zero-order chi connectivity index (χ0) is 10.7. The maximum Gasteiger partial charge on any atom is 0.00682 e. The zero-order valence-corrected chi connectivity index (χ0v) is 10.4. The van der Waals surface area contributed by atoms with Crippen LogP contribution in [0.15, 0.2) is 0 Å². The van der Waals surface area contributed by atoms with Crippen LogP contribution in [-0.4, -0.2) is 37.1 Å². The lowest BCUT2D eigenvalue weighted by Crippen LogP contribution is -2.41. The molecule has 1 N–H and O–H groups in total. The van der Waals surface area contributed by atoms with Gasteiger partial charge >= 0.3 is 0 Å². The second-order valence-corrected chi connectivity index (χ2v) is 6.13. The van der Waals surface area contributed by atoms with E-state index in [1.165, 1.54) is 58.3 Å². The van der Waals surface area contributed by atoms with E-state index in [-0.39, 0.29) is 0 Å². The fraction of sp³-hybridized carbons (Fsp3) is 1.00. The SMILES string of the molecule is CC1(C)CCCN(CCCNC2CC2)C1. The maximum atomic E-state index is 3.59. The van der Waals surface area contributed by atoms with E-state index in [0.29, 0.717) is 5.41 Å². The van der Waals surface area contributed by atoms with Crippen LogP contribution in [0.2, 0.25) is 0 Å². The molecule has 2 aliphatic rings. The highest BCUT2D eigenvalue weighted by atomic mass is 15.1. The van der Waals surface area contributed by atoms with Crippen molar-refractivity contribution >= 4 is 0 Å². The number of rotatable bonds is 5. The van der Waals surface area contributed by atoms with Crippen LogP contribution in [-0.2, 0) is 0 Å². The van der Waals surface area contributed by atoms with Crippen molar-refractivity contribution in [2.45, 2.75) is 52.0 Å². The van der Waals surface area contributed by atoms with E-state index in [1.807, 2.05) is 0 Å². The molecule has 0 spiro atoms. The Morgan fingerprint density at radius 2 is 2.13 bits per heavy atom. The molecule has 0 aromatic carbocycles. The standard InChI is InChI=1S/C13H26N2/c1-13(2)7-3-9-15(11-13)10-4-8-14-12-5-6-12/h12,14H,3-11H2,1-2H3. The van der Waals surface area contributed by atoms with Crippen LogP contribution in [0, 0.1) is 5.41 Å². The Bertz CT molecular complexity index is 197. The van der Waals surface area contributed by atoms with Crippen LogP contribution in [0.1, 0.15) is 46.0 Å². The van der Waals surface area contributed by atoms with Gasteiger partial charge in [-0.25, -0.2) is 0 Å². The van der Waals surface area contributed by atoms with Gasteiger partial charge in [0.15, 0.2) is 0 Å². The summed E-state index contributed by atoms with van der Waals surface area (Å²) in [6.07, 6.45) is 6.95. The summed E-state index contributed by atoms with van der Waals surface area (Å²) in [6, 6.07) is 0.878. The number of piperidine rings is 1. The van der Waals surface area contributed by atoms with Crippen LogP contribution < -0.4 is 5.32 Å². The number of nitrogens with one attached hydrogen (secondary N) is 1. The molecule has 0 unspecified atom stereocenters. The molecule has 88 valence electrons. The van der Waals surface area contributed by atoms with Gasteiger partial charge in [-0.1, -0.05) is 13.8 Å². The van der Waals surface area contributed by atoms with E-state index in [9.17, 15) is 0 Å². The summed E-state index contributed by atoms with van der Waals surface area (Å²) in [5.74, 6) is 0. The largest absolute Gasteiger partial charge is 0.314 e. The second-order valence-electron chi connectivity index (χ2n) is 6.13. The molecule has 0 aromatic heterocycles. The number of likely N-dealkylation sites (tertiary alicyclic amines) is 1. The summed E-state index contributed by atoms with van der Waals surface area (Å²) in [4.78, 5) is 2.65. The molecule has 15 heavy (non-hydrogen) atoms. The van der Waals surface area contributed by atoms with Crippen molar-refractivity contribution < 1.29 is 0 Å². The molecule has 0 amide bonds. The van der Waals surface area contributed by atoms with Gasteiger partial charge in [0.05, 0.1) is 0 Å². The lowest BCUT2D eigenvalue weighted by atomic mass is 9.84. The van der Waals surface area contributed by atoms with E-state index in [4.69, 9.17) is 0 Å². The summed E-state index contributed by atoms with van der Waals surface area (Å²) in [5.41, 5.74) is 0.558. The average Bonchev–Trinajstić information content (AvgIpc) is 2.94. The molecule has 0 atom stereocenters.